The lowest BCUT2D eigenvalue weighted by Crippen LogP contribution is -2.11. The molecule has 27 heavy (non-hydrogen) atoms. The molecule has 1 unspecified atom stereocenters. The van der Waals surface area contributed by atoms with Crippen LogP contribution in [0.15, 0.2) is 24.3 Å². The minimum atomic E-state index is 0.378. The number of carbonyl (C=O) groups is 1. The Labute approximate surface area is 166 Å². The molecule has 0 heterocycles. The average Bonchev–Trinajstić information content (AvgIpc) is 2.61. The maximum atomic E-state index is 11.5. The highest BCUT2D eigenvalue weighted by atomic mass is 16.1. The van der Waals surface area contributed by atoms with Gasteiger partial charge >= 0.3 is 0 Å². The fourth-order valence-corrected chi connectivity index (χ4v) is 4.12. The van der Waals surface area contributed by atoms with Gasteiger partial charge in [0.25, 0.3) is 0 Å². The molecule has 0 bridgehead atoms. The SMILES string of the molecule is CCCC(c1cc(C)c(C)cc1C(C)C)c1cc(C)c(C=O)cc1C(C)C. The second-order valence-electron chi connectivity index (χ2n) is 8.67. The summed E-state index contributed by atoms with van der Waals surface area (Å²) in [4.78, 5) is 11.5. The number of benzene rings is 2. The van der Waals surface area contributed by atoms with Gasteiger partial charge in [-0.25, -0.2) is 0 Å². The maximum absolute atomic E-state index is 11.5. The molecule has 0 aliphatic rings. The molecular formula is C26H36O. The summed E-state index contributed by atoms with van der Waals surface area (Å²) in [7, 11) is 0. The van der Waals surface area contributed by atoms with E-state index in [4.69, 9.17) is 0 Å². The molecule has 0 aliphatic heterocycles. The molecule has 0 radical (unpaired) electrons. The molecule has 0 spiro atoms. The Balaban J connectivity index is 2.78. The zero-order chi connectivity index (χ0) is 20.3. The number of hydrogen-bond donors (Lipinski definition) is 0. The minimum Gasteiger partial charge on any atom is -0.298 e. The highest BCUT2D eigenvalue weighted by Gasteiger charge is 2.23. The van der Waals surface area contributed by atoms with Gasteiger partial charge in [0.1, 0.15) is 6.29 Å². The van der Waals surface area contributed by atoms with Crippen molar-refractivity contribution in [1.29, 1.82) is 0 Å². The van der Waals surface area contributed by atoms with Gasteiger partial charge in [-0.1, -0.05) is 59.2 Å². The zero-order valence-corrected chi connectivity index (χ0v) is 18.4. The van der Waals surface area contributed by atoms with Gasteiger partial charge in [-0.15, -0.1) is 0 Å². The fourth-order valence-electron chi connectivity index (χ4n) is 4.12. The first kappa shape index (κ1) is 21.4. The van der Waals surface area contributed by atoms with Gasteiger partial charge in [0.15, 0.2) is 0 Å². The zero-order valence-electron chi connectivity index (χ0n) is 18.4. The second-order valence-corrected chi connectivity index (χ2v) is 8.67. The third kappa shape index (κ3) is 4.51. The summed E-state index contributed by atoms with van der Waals surface area (Å²) in [6.07, 6.45) is 3.26. The van der Waals surface area contributed by atoms with E-state index in [-0.39, 0.29) is 0 Å². The normalized spacial score (nSPS) is 12.7. The van der Waals surface area contributed by atoms with Gasteiger partial charge in [-0.3, -0.25) is 4.79 Å². The Hall–Kier alpha value is -1.89. The molecule has 0 amide bonds. The topological polar surface area (TPSA) is 17.1 Å². The number of hydrogen-bond acceptors (Lipinski definition) is 1. The molecule has 0 saturated heterocycles. The lowest BCUT2D eigenvalue weighted by Gasteiger charge is -2.28. The summed E-state index contributed by atoms with van der Waals surface area (Å²) in [6.45, 7) is 17.8. The Bertz CT molecular complexity index is 811. The highest BCUT2D eigenvalue weighted by Crippen LogP contribution is 2.40. The summed E-state index contributed by atoms with van der Waals surface area (Å²) in [6, 6.07) is 9.21. The number of aryl methyl sites for hydroxylation is 3. The lowest BCUT2D eigenvalue weighted by atomic mass is 9.77. The molecule has 2 aromatic rings. The number of aldehydes is 1. The number of carbonyl (C=O) groups excluding carboxylic acids is 1. The van der Waals surface area contributed by atoms with E-state index < -0.39 is 0 Å². The molecule has 0 fully saturated rings. The molecular weight excluding hydrogens is 328 g/mol. The number of rotatable bonds is 7. The first-order valence-corrected chi connectivity index (χ1v) is 10.4. The van der Waals surface area contributed by atoms with Crippen LogP contribution in [0, 0.1) is 20.8 Å². The van der Waals surface area contributed by atoms with Crippen LogP contribution in [0.3, 0.4) is 0 Å². The van der Waals surface area contributed by atoms with Gasteiger partial charge in [-0.2, -0.15) is 0 Å². The lowest BCUT2D eigenvalue weighted by molar-refractivity contribution is 0.112. The van der Waals surface area contributed by atoms with Gasteiger partial charge in [-0.05, 0) is 84.0 Å². The van der Waals surface area contributed by atoms with Crippen LogP contribution in [0.5, 0.6) is 0 Å². The van der Waals surface area contributed by atoms with Crippen LogP contribution in [0.4, 0.5) is 0 Å². The van der Waals surface area contributed by atoms with Gasteiger partial charge < -0.3 is 0 Å². The molecule has 1 nitrogen and oxygen atoms in total. The molecule has 0 aliphatic carbocycles. The van der Waals surface area contributed by atoms with Crippen LogP contribution in [0.25, 0.3) is 0 Å². The minimum absolute atomic E-state index is 0.378. The Morgan fingerprint density at radius 3 is 1.63 bits per heavy atom. The molecule has 1 atom stereocenters. The van der Waals surface area contributed by atoms with Crippen molar-refractivity contribution in [2.75, 3.05) is 0 Å². The molecule has 0 saturated carbocycles. The van der Waals surface area contributed by atoms with Crippen molar-refractivity contribution in [2.24, 2.45) is 0 Å². The predicted octanol–water partition coefficient (Wildman–Crippen LogP) is 7.60. The van der Waals surface area contributed by atoms with Crippen LogP contribution < -0.4 is 0 Å². The van der Waals surface area contributed by atoms with E-state index in [1.807, 2.05) is 0 Å². The van der Waals surface area contributed by atoms with Crippen molar-refractivity contribution in [2.45, 2.75) is 86.0 Å². The Kier molecular flexibility index (Phi) is 7.03. The third-order valence-electron chi connectivity index (χ3n) is 5.87. The molecule has 0 N–H and O–H groups in total. The van der Waals surface area contributed by atoms with Crippen LogP contribution in [-0.2, 0) is 0 Å². The van der Waals surface area contributed by atoms with E-state index >= 15 is 0 Å². The molecule has 146 valence electrons. The summed E-state index contributed by atoms with van der Waals surface area (Å²) < 4.78 is 0. The van der Waals surface area contributed by atoms with Crippen molar-refractivity contribution >= 4 is 6.29 Å². The van der Waals surface area contributed by atoms with Crippen molar-refractivity contribution < 1.29 is 4.79 Å². The summed E-state index contributed by atoms with van der Waals surface area (Å²) in [5, 5.41) is 0. The van der Waals surface area contributed by atoms with Crippen LogP contribution >= 0.6 is 0 Å². The first-order valence-electron chi connectivity index (χ1n) is 10.4. The second kappa shape index (κ2) is 8.87. The maximum Gasteiger partial charge on any atom is 0.150 e. The van der Waals surface area contributed by atoms with E-state index in [0.717, 1.165) is 30.3 Å². The molecule has 2 aromatic carbocycles. The summed E-state index contributed by atoms with van der Waals surface area (Å²) >= 11 is 0. The monoisotopic (exact) mass is 364 g/mol. The largest absolute Gasteiger partial charge is 0.298 e. The molecule has 2 rings (SSSR count). The van der Waals surface area contributed by atoms with Crippen LogP contribution in [0.2, 0.25) is 0 Å². The van der Waals surface area contributed by atoms with Gasteiger partial charge in [0, 0.05) is 11.5 Å². The van der Waals surface area contributed by atoms with E-state index in [1.165, 1.54) is 33.4 Å². The van der Waals surface area contributed by atoms with Crippen molar-refractivity contribution in [3.63, 3.8) is 0 Å². The third-order valence-corrected chi connectivity index (χ3v) is 5.87. The van der Waals surface area contributed by atoms with E-state index in [1.54, 1.807) is 0 Å². The van der Waals surface area contributed by atoms with E-state index in [2.05, 4.69) is 79.7 Å². The fraction of sp³-hybridized carbons (Fsp3) is 0.500. The van der Waals surface area contributed by atoms with E-state index in [0.29, 0.717) is 17.8 Å². The average molecular weight is 365 g/mol. The summed E-state index contributed by atoms with van der Waals surface area (Å²) in [5.74, 6) is 1.27. The highest BCUT2D eigenvalue weighted by molar-refractivity contribution is 5.78. The predicted molar refractivity (Wildman–Crippen MR) is 117 cm³/mol. The van der Waals surface area contributed by atoms with Crippen LogP contribution in [0.1, 0.15) is 115 Å². The van der Waals surface area contributed by atoms with Gasteiger partial charge in [0.05, 0.1) is 0 Å². The quantitative estimate of drug-likeness (QED) is 0.462. The molecule has 1 heteroatoms. The van der Waals surface area contributed by atoms with Crippen molar-refractivity contribution in [3.8, 4) is 0 Å². The standard InChI is InChI=1S/C26H36O/c1-9-10-22(25-12-19(7)18(6)11-23(25)16(2)3)26-13-20(8)21(15-27)14-24(26)17(4)5/h11-17,22H,9-10H2,1-8H3. The van der Waals surface area contributed by atoms with Crippen LogP contribution in [-0.4, -0.2) is 6.29 Å². The van der Waals surface area contributed by atoms with Crippen molar-refractivity contribution in [3.05, 3.63) is 68.8 Å². The van der Waals surface area contributed by atoms with Gasteiger partial charge in [0.2, 0.25) is 0 Å². The smallest absolute Gasteiger partial charge is 0.150 e. The first-order chi connectivity index (χ1) is 12.7. The molecule has 0 aromatic heterocycles. The summed E-state index contributed by atoms with van der Waals surface area (Å²) in [5.41, 5.74) is 10.3. The Morgan fingerprint density at radius 1 is 0.741 bits per heavy atom. The van der Waals surface area contributed by atoms with Crippen molar-refractivity contribution in [1.82, 2.24) is 0 Å². The Morgan fingerprint density at radius 2 is 1.19 bits per heavy atom. The van der Waals surface area contributed by atoms with E-state index in [9.17, 15) is 4.79 Å².